The highest BCUT2D eigenvalue weighted by Crippen LogP contribution is 2.28. The van der Waals surface area contributed by atoms with E-state index in [0.29, 0.717) is 12.3 Å². The van der Waals surface area contributed by atoms with Gasteiger partial charge in [0.2, 0.25) is 0 Å². The topological polar surface area (TPSA) is 58.0 Å². The Morgan fingerprint density at radius 1 is 1.24 bits per heavy atom. The molecule has 17 heavy (non-hydrogen) atoms. The molecule has 2 N–H and O–H groups in total. The van der Waals surface area contributed by atoms with Gasteiger partial charge >= 0.3 is 0 Å². The maximum absolute atomic E-state index is 9.82. The Kier molecular flexibility index (Phi) is 3.23. The van der Waals surface area contributed by atoms with Crippen LogP contribution in [0.25, 0.3) is 0 Å². The van der Waals surface area contributed by atoms with Crippen molar-refractivity contribution < 1.29 is 5.11 Å². The molecule has 0 aliphatic carbocycles. The molecule has 88 valence electrons. The predicted molar refractivity (Wildman–Crippen MR) is 66.9 cm³/mol. The van der Waals surface area contributed by atoms with Crippen molar-refractivity contribution >= 4 is 5.69 Å². The van der Waals surface area contributed by atoms with Crippen molar-refractivity contribution in [3.05, 3.63) is 47.5 Å². The minimum atomic E-state index is 0.345. The van der Waals surface area contributed by atoms with Crippen LogP contribution in [0.5, 0.6) is 5.75 Å². The van der Waals surface area contributed by atoms with Gasteiger partial charge in [0.05, 0.1) is 12.2 Å². The maximum Gasteiger partial charge on any atom is 0.123 e. The molecule has 0 amide bonds. The molecular formula is C13H15N3O. The van der Waals surface area contributed by atoms with Gasteiger partial charge < -0.3 is 10.4 Å². The zero-order valence-electron chi connectivity index (χ0n) is 9.94. The molecule has 0 aliphatic rings. The van der Waals surface area contributed by atoms with Crippen molar-refractivity contribution in [3.63, 3.8) is 0 Å². The number of nitrogens with zero attached hydrogens (tertiary/aromatic N) is 2. The monoisotopic (exact) mass is 229 g/mol. The number of hydrogen-bond acceptors (Lipinski definition) is 4. The Hall–Kier alpha value is -2.10. The average Bonchev–Trinajstić information content (AvgIpc) is 2.36. The largest absolute Gasteiger partial charge is 0.507 e. The molecule has 0 unspecified atom stereocenters. The lowest BCUT2D eigenvalue weighted by atomic mass is 10.1. The zero-order chi connectivity index (χ0) is 12.3. The molecule has 0 saturated carbocycles. The Morgan fingerprint density at radius 2 is 2.06 bits per heavy atom. The van der Waals surface area contributed by atoms with Gasteiger partial charge in [-0.1, -0.05) is 6.07 Å². The highest BCUT2D eigenvalue weighted by Gasteiger charge is 2.05. The van der Waals surface area contributed by atoms with Crippen molar-refractivity contribution in [2.45, 2.75) is 20.4 Å². The van der Waals surface area contributed by atoms with Crippen LogP contribution >= 0.6 is 0 Å². The first kappa shape index (κ1) is 11.4. The minimum Gasteiger partial charge on any atom is -0.507 e. The van der Waals surface area contributed by atoms with E-state index >= 15 is 0 Å². The quantitative estimate of drug-likeness (QED) is 0.848. The first-order valence-electron chi connectivity index (χ1n) is 5.46. The van der Waals surface area contributed by atoms with E-state index in [0.717, 1.165) is 22.5 Å². The number of benzene rings is 1. The third-order valence-corrected chi connectivity index (χ3v) is 2.74. The Balaban J connectivity index is 2.13. The first-order chi connectivity index (χ1) is 8.18. The lowest BCUT2D eigenvalue weighted by molar-refractivity contribution is 0.467. The summed E-state index contributed by atoms with van der Waals surface area (Å²) in [7, 11) is 0. The van der Waals surface area contributed by atoms with Crippen molar-refractivity contribution in [1.29, 1.82) is 0 Å². The van der Waals surface area contributed by atoms with Crippen LogP contribution < -0.4 is 5.32 Å². The second kappa shape index (κ2) is 4.82. The molecule has 0 radical (unpaired) electrons. The number of anilines is 1. The smallest absolute Gasteiger partial charge is 0.123 e. The Morgan fingerprint density at radius 3 is 2.76 bits per heavy atom. The second-order valence-corrected chi connectivity index (χ2v) is 3.96. The van der Waals surface area contributed by atoms with Gasteiger partial charge in [-0.2, -0.15) is 0 Å². The number of aryl methyl sites for hydroxylation is 1. The molecule has 1 heterocycles. The highest BCUT2D eigenvalue weighted by molar-refractivity contribution is 5.59. The third-order valence-electron chi connectivity index (χ3n) is 2.74. The number of aromatic nitrogens is 2. The van der Waals surface area contributed by atoms with Gasteiger partial charge in [0.25, 0.3) is 0 Å². The summed E-state index contributed by atoms with van der Waals surface area (Å²) in [6, 6.07) is 5.71. The molecular weight excluding hydrogens is 214 g/mol. The summed E-state index contributed by atoms with van der Waals surface area (Å²) in [4.78, 5) is 7.99. The van der Waals surface area contributed by atoms with Gasteiger partial charge in [-0.3, -0.25) is 0 Å². The summed E-state index contributed by atoms with van der Waals surface area (Å²) >= 11 is 0. The van der Waals surface area contributed by atoms with E-state index in [2.05, 4.69) is 15.3 Å². The van der Waals surface area contributed by atoms with Gasteiger partial charge in [-0.25, -0.2) is 9.97 Å². The molecule has 0 aliphatic heterocycles. The standard InChI is InChI=1S/C13H15N3O/c1-9-3-4-12(10(2)13(9)17)15-7-11-5-6-14-8-16-11/h3-6,8,15,17H,7H2,1-2H3. The summed E-state index contributed by atoms with van der Waals surface area (Å²) in [5.41, 5.74) is 3.58. The van der Waals surface area contributed by atoms with E-state index in [1.165, 1.54) is 6.33 Å². The molecule has 0 fully saturated rings. The van der Waals surface area contributed by atoms with Crippen molar-refractivity contribution in [2.24, 2.45) is 0 Å². The van der Waals surface area contributed by atoms with Crippen LogP contribution in [0.2, 0.25) is 0 Å². The molecule has 0 saturated heterocycles. The zero-order valence-corrected chi connectivity index (χ0v) is 9.94. The second-order valence-electron chi connectivity index (χ2n) is 3.96. The SMILES string of the molecule is Cc1ccc(NCc2ccncn2)c(C)c1O. The third kappa shape index (κ3) is 2.53. The lowest BCUT2D eigenvalue weighted by Crippen LogP contribution is -2.03. The van der Waals surface area contributed by atoms with Crippen LogP contribution in [0.3, 0.4) is 0 Å². The fraction of sp³-hybridized carbons (Fsp3) is 0.231. The highest BCUT2D eigenvalue weighted by atomic mass is 16.3. The van der Waals surface area contributed by atoms with Crippen LogP contribution in [0.15, 0.2) is 30.7 Å². The van der Waals surface area contributed by atoms with Gasteiger partial charge in [-0.15, -0.1) is 0 Å². The van der Waals surface area contributed by atoms with Crippen LogP contribution in [-0.2, 0) is 6.54 Å². The van der Waals surface area contributed by atoms with Crippen LogP contribution in [-0.4, -0.2) is 15.1 Å². The van der Waals surface area contributed by atoms with Crippen LogP contribution in [0.4, 0.5) is 5.69 Å². The molecule has 1 aromatic heterocycles. The molecule has 2 rings (SSSR count). The molecule has 0 spiro atoms. The van der Waals surface area contributed by atoms with Gasteiger partial charge in [-0.05, 0) is 31.5 Å². The maximum atomic E-state index is 9.82. The van der Waals surface area contributed by atoms with E-state index in [9.17, 15) is 5.11 Å². The first-order valence-corrected chi connectivity index (χ1v) is 5.46. The average molecular weight is 229 g/mol. The number of rotatable bonds is 3. The molecule has 4 nitrogen and oxygen atoms in total. The van der Waals surface area contributed by atoms with E-state index in [-0.39, 0.29) is 0 Å². The molecule has 1 aromatic carbocycles. The Labute approximate surface area is 100 Å². The summed E-state index contributed by atoms with van der Waals surface area (Å²) < 4.78 is 0. The number of phenols is 1. The number of nitrogens with one attached hydrogen (secondary N) is 1. The summed E-state index contributed by atoms with van der Waals surface area (Å²) in [6.07, 6.45) is 3.24. The van der Waals surface area contributed by atoms with Gasteiger partial charge in [0.15, 0.2) is 0 Å². The van der Waals surface area contributed by atoms with Crippen LogP contribution in [0.1, 0.15) is 16.8 Å². The summed E-state index contributed by atoms with van der Waals surface area (Å²) in [5.74, 6) is 0.345. The molecule has 0 bridgehead atoms. The fourth-order valence-corrected chi connectivity index (χ4v) is 1.64. The molecule has 0 atom stereocenters. The summed E-state index contributed by atoms with van der Waals surface area (Å²) in [5, 5.41) is 13.1. The number of aromatic hydroxyl groups is 1. The number of hydrogen-bond donors (Lipinski definition) is 2. The van der Waals surface area contributed by atoms with Crippen LogP contribution in [0, 0.1) is 13.8 Å². The minimum absolute atomic E-state index is 0.345. The predicted octanol–water partition coefficient (Wildman–Crippen LogP) is 2.41. The van der Waals surface area contributed by atoms with E-state index in [4.69, 9.17) is 0 Å². The molecule has 2 aromatic rings. The van der Waals surface area contributed by atoms with Crippen molar-refractivity contribution in [3.8, 4) is 5.75 Å². The Bertz CT molecular complexity index is 512. The fourth-order valence-electron chi connectivity index (χ4n) is 1.64. The summed E-state index contributed by atoms with van der Waals surface area (Å²) in [6.45, 7) is 4.40. The normalized spacial score (nSPS) is 10.2. The van der Waals surface area contributed by atoms with Gasteiger partial charge in [0, 0.05) is 17.4 Å². The molecule has 4 heteroatoms. The van der Waals surface area contributed by atoms with Crippen molar-refractivity contribution in [1.82, 2.24) is 9.97 Å². The van der Waals surface area contributed by atoms with Crippen molar-refractivity contribution in [2.75, 3.05) is 5.32 Å². The van der Waals surface area contributed by atoms with E-state index in [1.807, 2.05) is 32.0 Å². The number of phenolic OH excluding ortho intramolecular Hbond substituents is 1. The van der Waals surface area contributed by atoms with E-state index in [1.54, 1.807) is 6.20 Å². The van der Waals surface area contributed by atoms with Gasteiger partial charge in [0.1, 0.15) is 12.1 Å². The lowest BCUT2D eigenvalue weighted by Gasteiger charge is -2.11. The van der Waals surface area contributed by atoms with E-state index < -0.39 is 0 Å².